The second kappa shape index (κ2) is 16.3. The molecule has 4 aromatic rings. The Bertz CT molecular complexity index is 2610. The molecule has 5 aliphatic rings. The fourth-order valence-electron chi connectivity index (χ4n) is 11.5. The Hall–Kier alpha value is -6.40. The van der Waals surface area contributed by atoms with E-state index >= 15 is 0 Å². The van der Waals surface area contributed by atoms with Crippen molar-refractivity contribution < 1.29 is 33.4 Å². The number of anilines is 1. The first-order valence-corrected chi connectivity index (χ1v) is 22.4. The molecule has 2 aromatic carbocycles. The number of primary amides is 1. The minimum Gasteiger partial charge on any atom is -0.490 e. The van der Waals surface area contributed by atoms with Crippen molar-refractivity contribution in [3.05, 3.63) is 88.7 Å². The van der Waals surface area contributed by atoms with Crippen LogP contribution < -0.4 is 25.4 Å². The number of rotatable bonds is 12. The highest BCUT2D eigenvalue weighted by atomic mass is 16.5. The Labute approximate surface area is 372 Å². The number of piperidine rings is 2. The topological polar surface area (TPSA) is 201 Å². The number of amides is 5. The summed E-state index contributed by atoms with van der Waals surface area (Å²) < 4.78 is 13.1. The second-order valence-corrected chi connectivity index (χ2v) is 19.2. The van der Waals surface area contributed by atoms with Gasteiger partial charge in [0.05, 0.1) is 33.5 Å². The second-order valence-electron chi connectivity index (χ2n) is 19.2. The maximum Gasteiger partial charge on any atom is 0.262 e. The number of nitriles is 1. The number of ether oxygens (including phenoxy) is 2. The lowest BCUT2D eigenvalue weighted by Crippen LogP contribution is -2.64. The number of carbonyl (C=O) groups is 5. The number of nitrogens with zero attached hydrogens (tertiary/aromatic N) is 6. The SMILES string of the molecule is CCN(CC1CCN(c2ccc(C(N)=O)c([C@H]3C(C)(C)[C@H](Oc4ccc(C#N)c5ncccc45)C3(C)C)n2)CC1)[C@H]1C[C@H](Oc2ccc3c(c2)C(=O)N(C2CCC(=O)NC2=O)C3=O)C1. The van der Waals surface area contributed by atoms with E-state index in [1.54, 1.807) is 30.5 Å². The Morgan fingerprint density at radius 2 is 1.69 bits per heavy atom. The Kier molecular flexibility index (Phi) is 10.9. The van der Waals surface area contributed by atoms with Crippen molar-refractivity contribution in [1.29, 1.82) is 5.26 Å². The summed E-state index contributed by atoms with van der Waals surface area (Å²) in [7, 11) is 0. The van der Waals surface area contributed by atoms with Crippen molar-refractivity contribution in [3.8, 4) is 17.6 Å². The van der Waals surface area contributed by atoms with Gasteiger partial charge in [-0.1, -0.05) is 34.6 Å². The van der Waals surface area contributed by atoms with Crippen molar-refractivity contribution in [2.24, 2.45) is 22.5 Å². The van der Waals surface area contributed by atoms with E-state index in [1.807, 2.05) is 30.3 Å². The third kappa shape index (κ3) is 7.31. The van der Waals surface area contributed by atoms with Crippen LogP contribution in [0.5, 0.6) is 11.5 Å². The maximum atomic E-state index is 13.3. The van der Waals surface area contributed by atoms with Gasteiger partial charge < -0.3 is 25.0 Å². The van der Waals surface area contributed by atoms with Crippen molar-refractivity contribution in [1.82, 2.24) is 25.1 Å². The highest BCUT2D eigenvalue weighted by Crippen LogP contribution is 2.65. The van der Waals surface area contributed by atoms with Gasteiger partial charge >= 0.3 is 0 Å². The molecule has 0 radical (unpaired) electrons. The summed E-state index contributed by atoms with van der Waals surface area (Å²) in [5.74, 6) is -0.253. The molecule has 9 rings (SSSR count). The first-order chi connectivity index (χ1) is 30.6. The van der Waals surface area contributed by atoms with Crippen LogP contribution >= 0.6 is 0 Å². The lowest BCUT2D eigenvalue weighted by Gasteiger charge is -2.63. The molecule has 15 nitrogen and oxygen atoms in total. The standard InChI is InChI=1S/C49H54N8O7/c1-6-55(29-22-31(23-29)63-30-10-11-32-35(24-30)46(62)57(45(32)61)36-13-16-39(58)54-44(36)60)26-27-17-20-56(21-18-27)38-15-12-34(43(51)59)41(53-38)42-48(2,3)47(49(42,4)5)64-37-14-9-28(25-50)40-33(37)8-7-19-52-40/h7-12,14-15,19,24,27,29,31,36,42,47H,6,13,16-18,20-23,26H2,1-5H3,(H2,51,59)(H,54,58,60)/t29-,31-,36?,42-,47-. The average Bonchev–Trinajstić information content (AvgIpc) is 3.50. The van der Waals surface area contributed by atoms with Crippen LogP contribution in [-0.2, 0) is 9.59 Å². The molecule has 1 atom stereocenters. The van der Waals surface area contributed by atoms with Gasteiger partial charge in [-0.25, -0.2) is 4.98 Å². The van der Waals surface area contributed by atoms with E-state index in [0.717, 1.165) is 68.0 Å². The van der Waals surface area contributed by atoms with Crippen LogP contribution in [-0.4, -0.2) is 99.8 Å². The molecule has 15 heteroatoms. The summed E-state index contributed by atoms with van der Waals surface area (Å²) >= 11 is 0. The molecule has 64 heavy (non-hydrogen) atoms. The predicted molar refractivity (Wildman–Crippen MR) is 237 cm³/mol. The molecule has 3 aliphatic heterocycles. The van der Waals surface area contributed by atoms with Gasteiger partial charge in [0.2, 0.25) is 11.8 Å². The zero-order valence-electron chi connectivity index (χ0n) is 36.9. The van der Waals surface area contributed by atoms with Gasteiger partial charge in [0.25, 0.3) is 17.7 Å². The number of hydrogen-bond acceptors (Lipinski definition) is 12. The monoisotopic (exact) mass is 866 g/mol. The molecular formula is C49H54N8O7. The number of hydrogen-bond donors (Lipinski definition) is 2. The van der Waals surface area contributed by atoms with Gasteiger partial charge in [0, 0.05) is 73.3 Å². The van der Waals surface area contributed by atoms with Gasteiger partial charge in [0.1, 0.15) is 41.6 Å². The van der Waals surface area contributed by atoms with Crippen LogP contribution in [0.2, 0.25) is 0 Å². The molecule has 0 spiro atoms. The van der Waals surface area contributed by atoms with Crippen LogP contribution in [0.25, 0.3) is 10.9 Å². The van der Waals surface area contributed by atoms with Crippen molar-refractivity contribution >= 4 is 46.3 Å². The number of nitrogens with one attached hydrogen (secondary N) is 1. The molecule has 3 N–H and O–H groups in total. The summed E-state index contributed by atoms with van der Waals surface area (Å²) in [6.07, 6.45) is 5.28. The average molecular weight is 867 g/mol. The largest absolute Gasteiger partial charge is 0.490 e. The first-order valence-electron chi connectivity index (χ1n) is 22.4. The quantitative estimate of drug-likeness (QED) is 0.164. The zero-order chi connectivity index (χ0) is 45.2. The number of carbonyl (C=O) groups excluding carboxylic acids is 5. The molecule has 0 bridgehead atoms. The molecular weight excluding hydrogens is 813 g/mol. The summed E-state index contributed by atoms with van der Waals surface area (Å²) in [5, 5.41) is 12.7. The molecule has 2 saturated carbocycles. The number of pyridine rings is 2. The summed E-state index contributed by atoms with van der Waals surface area (Å²) in [6, 6.07) is 17.6. The van der Waals surface area contributed by atoms with E-state index in [1.165, 1.54) is 0 Å². The Balaban J connectivity index is 0.807. The summed E-state index contributed by atoms with van der Waals surface area (Å²) in [6.45, 7) is 14.4. The normalized spacial score (nSPS) is 25.0. The van der Waals surface area contributed by atoms with Crippen LogP contribution in [0.4, 0.5) is 5.82 Å². The molecule has 1 unspecified atom stereocenters. The van der Waals surface area contributed by atoms with Crippen LogP contribution in [0.1, 0.15) is 121 Å². The molecule has 5 amide bonds. The highest BCUT2D eigenvalue weighted by molar-refractivity contribution is 6.23. The van der Waals surface area contributed by atoms with Gasteiger partial charge in [-0.05, 0) is 86.3 Å². The van der Waals surface area contributed by atoms with Gasteiger partial charge in [-0.3, -0.25) is 39.2 Å². The van der Waals surface area contributed by atoms with E-state index in [-0.39, 0.29) is 42.1 Å². The van der Waals surface area contributed by atoms with Crippen LogP contribution in [0.15, 0.2) is 60.8 Å². The van der Waals surface area contributed by atoms with Crippen molar-refractivity contribution in [2.75, 3.05) is 31.1 Å². The molecule has 5 heterocycles. The first kappa shape index (κ1) is 42.9. The van der Waals surface area contributed by atoms with E-state index in [2.05, 4.69) is 60.8 Å². The lowest BCUT2D eigenvalue weighted by atomic mass is 9.44. The van der Waals surface area contributed by atoms with E-state index in [0.29, 0.717) is 45.8 Å². The van der Waals surface area contributed by atoms with E-state index in [9.17, 15) is 29.2 Å². The lowest BCUT2D eigenvalue weighted by molar-refractivity contribution is -0.161. The Morgan fingerprint density at radius 3 is 2.38 bits per heavy atom. The van der Waals surface area contributed by atoms with Gasteiger partial charge in [-0.15, -0.1) is 0 Å². The molecule has 4 fully saturated rings. The van der Waals surface area contributed by atoms with Crippen LogP contribution in [0.3, 0.4) is 0 Å². The number of nitrogens with two attached hydrogens (primary N) is 1. The van der Waals surface area contributed by atoms with Crippen LogP contribution in [0, 0.1) is 28.1 Å². The zero-order valence-corrected chi connectivity index (χ0v) is 36.9. The Morgan fingerprint density at radius 1 is 0.953 bits per heavy atom. The summed E-state index contributed by atoms with van der Waals surface area (Å²) in [5.41, 5.74) is 7.80. The molecule has 2 aromatic heterocycles. The minimum absolute atomic E-state index is 0.0263. The number of benzene rings is 2. The van der Waals surface area contributed by atoms with Gasteiger partial charge in [-0.2, -0.15) is 5.26 Å². The fourth-order valence-corrected chi connectivity index (χ4v) is 11.5. The van der Waals surface area contributed by atoms with Crippen molar-refractivity contribution in [3.63, 3.8) is 0 Å². The van der Waals surface area contributed by atoms with E-state index in [4.69, 9.17) is 20.2 Å². The smallest absolute Gasteiger partial charge is 0.262 e. The number of fused-ring (bicyclic) bond motifs is 2. The predicted octanol–water partition coefficient (Wildman–Crippen LogP) is 5.75. The number of imide groups is 2. The maximum absolute atomic E-state index is 13.3. The number of aromatic nitrogens is 2. The molecule has 332 valence electrons. The third-order valence-corrected chi connectivity index (χ3v) is 14.5. The molecule has 2 saturated heterocycles. The fraction of sp³-hybridized carbons (Fsp3) is 0.469. The van der Waals surface area contributed by atoms with Crippen molar-refractivity contribution in [2.45, 2.75) is 103 Å². The third-order valence-electron chi connectivity index (χ3n) is 14.5. The minimum atomic E-state index is -1.01. The highest BCUT2D eigenvalue weighted by Gasteiger charge is 2.65. The van der Waals surface area contributed by atoms with Gasteiger partial charge in [0.15, 0.2) is 0 Å². The molecule has 2 aliphatic carbocycles. The summed E-state index contributed by atoms with van der Waals surface area (Å²) in [4.78, 5) is 79.0. The van der Waals surface area contributed by atoms with E-state index < -0.39 is 46.4 Å².